The topological polar surface area (TPSA) is 120 Å². The number of benzene rings is 1. The first kappa shape index (κ1) is 18.1. The van der Waals surface area contributed by atoms with Gasteiger partial charge in [0, 0.05) is 30.3 Å². The van der Waals surface area contributed by atoms with E-state index in [0.717, 1.165) is 29.1 Å². The van der Waals surface area contributed by atoms with Gasteiger partial charge in [0.15, 0.2) is 0 Å². The van der Waals surface area contributed by atoms with E-state index in [-0.39, 0.29) is 16.8 Å². The van der Waals surface area contributed by atoms with Crippen LogP contribution in [0, 0.1) is 10.1 Å². The Morgan fingerprint density at radius 1 is 1.33 bits per heavy atom. The van der Waals surface area contributed by atoms with Crippen LogP contribution >= 0.6 is 0 Å². The zero-order valence-corrected chi connectivity index (χ0v) is 13.4. The molecule has 0 aliphatic carbocycles. The van der Waals surface area contributed by atoms with E-state index in [1.165, 1.54) is 7.05 Å². The Morgan fingerprint density at radius 3 is 2.67 bits per heavy atom. The minimum atomic E-state index is -4.77. The first-order valence-electron chi connectivity index (χ1n) is 7.21. The van der Waals surface area contributed by atoms with E-state index in [1.807, 2.05) is 0 Å². The lowest BCUT2D eigenvalue weighted by Gasteiger charge is -2.10. The van der Waals surface area contributed by atoms with Gasteiger partial charge in [0.05, 0.1) is 10.5 Å². The maximum Gasteiger partial charge on any atom is 0.417 e. The number of halogens is 3. The van der Waals surface area contributed by atoms with Crippen molar-refractivity contribution in [1.29, 1.82) is 0 Å². The van der Waals surface area contributed by atoms with Crippen molar-refractivity contribution in [3.05, 3.63) is 62.3 Å². The van der Waals surface area contributed by atoms with Gasteiger partial charge >= 0.3 is 17.5 Å². The molecule has 2 aromatic heterocycles. The van der Waals surface area contributed by atoms with Gasteiger partial charge in [0.2, 0.25) is 5.69 Å². The lowest BCUT2D eigenvalue weighted by atomic mass is 10.1. The van der Waals surface area contributed by atoms with Crippen molar-refractivity contribution in [2.45, 2.75) is 6.18 Å². The number of carbonyl (C=O) groups excluding carboxylic acids is 1. The smallest absolute Gasteiger partial charge is 0.417 e. The summed E-state index contributed by atoms with van der Waals surface area (Å²) in [5.74, 6) is -0.907. The largest absolute Gasteiger partial charge is 0.423 e. The summed E-state index contributed by atoms with van der Waals surface area (Å²) in [4.78, 5) is 33.9. The molecule has 2 heterocycles. The van der Waals surface area contributed by atoms with Gasteiger partial charge in [-0.2, -0.15) is 18.3 Å². The molecule has 0 atom stereocenters. The molecule has 12 heteroatoms. The Kier molecular flexibility index (Phi) is 4.18. The predicted octanol–water partition coefficient (Wildman–Crippen LogP) is 2.71. The zero-order valence-electron chi connectivity index (χ0n) is 13.4. The average molecular weight is 382 g/mol. The van der Waals surface area contributed by atoms with Gasteiger partial charge in [-0.3, -0.25) is 19.6 Å². The lowest BCUT2D eigenvalue weighted by molar-refractivity contribution is -0.385. The fourth-order valence-corrected chi connectivity index (χ4v) is 2.49. The van der Waals surface area contributed by atoms with Crippen molar-refractivity contribution in [2.24, 2.45) is 7.05 Å². The molecule has 0 saturated carbocycles. The standard InChI is InChI=1S/C15H9F3N4O5/c1-21-13(10(6-19-21)22(25)26)14(24)20-7-2-3-8-9(15(16,17)18)5-12(23)27-11(8)4-7/h2-6H,1H3,(H,20,24). The molecule has 0 fully saturated rings. The molecular weight excluding hydrogens is 373 g/mol. The number of rotatable bonds is 3. The highest BCUT2D eigenvalue weighted by Crippen LogP contribution is 2.34. The van der Waals surface area contributed by atoms with Gasteiger partial charge in [-0.15, -0.1) is 0 Å². The maximum absolute atomic E-state index is 13.0. The fourth-order valence-electron chi connectivity index (χ4n) is 2.49. The minimum absolute atomic E-state index is 0.0227. The number of fused-ring (bicyclic) bond motifs is 1. The van der Waals surface area contributed by atoms with E-state index in [1.54, 1.807) is 0 Å². The highest BCUT2D eigenvalue weighted by atomic mass is 19.4. The molecule has 0 bridgehead atoms. The molecule has 0 saturated heterocycles. The molecule has 3 aromatic rings. The summed E-state index contributed by atoms with van der Waals surface area (Å²) in [6.07, 6.45) is -3.88. The van der Waals surface area contributed by atoms with Gasteiger partial charge in [0.25, 0.3) is 5.91 Å². The molecule has 1 amide bonds. The third-order valence-electron chi connectivity index (χ3n) is 3.64. The Balaban J connectivity index is 2.02. The summed E-state index contributed by atoms with van der Waals surface area (Å²) < 4.78 is 44.9. The molecule has 0 unspecified atom stereocenters. The molecule has 1 aromatic carbocycles. The van der Waals surface area contributed by atoms with Crippen LogP contribution in [0.3, 0.4) is 0 Å². The number of alkyl halides is 3. The molecule has 27 heavy (non-hydrogen) atoms. The number of nitrogens with zero attached hydrogens (tertiary/aromatic N) is 3. The fraction of sp³-hybridized carbons (Fsp3) is 0.133. The normalized spacial score (nSPS) is 11.6. The number of anilines is 1. The SMILES string of the molecule is Cn1ncc([N+](=O)[O-])c1C(=O)Nc1ccc2c(C(F)(F)F)cc(=O)oc2c1. The number of nitro groups is 1. The van der Waals surface area contributed by atoms with Crippen LogP contribution in [0.1, 0.15) is 16.1 Å². The summed E-state index contributed by atoms with van der Waals surface area (Å²) in [6, 6.07) is 3.53. The van der Waals surface area contributed by atoms with Crippen molar-refractivity contribution in [3.8, 4) is 0 Å². The van der Waals surface area contributed by atoms with Crippen LogP contribution in [0.2, 0.25) is 0 Å². The second-order valence-corrected chi connectivity index (χ2v) is 5.40. The molecular formula is C15H9F3N4O5. The Labute approximate surface area is 147 Å². The van der Waals surface area contributed by atoms with Gasteiger partial charge < -0.3 is 9.73 Å². The summed E-state index contributed by atoms with van der Waals surface area (Å²) in [5, 5.41) is 16.5. The van der Waals surface area contributed by atoms with Crippen LogP contribution in [-0.2, 0) is 13.2 Å². The summed E-state index contributed by atoms with van der Waals surface area (Å²) in [7, 11) is 1.32. The molecule has 0 spiro atoms. The van der Waals surface area contributed by atoms with E-state index in [2.05, 4.69) is 10.4 Å². The first-order valence-corrected chi connectivity index (χ1v) is 7.21. The average Bonchev–Trinajstić information content (AvgIpc) is 2.95. The minimum Gasteiger partial charge on any atom is -0.423 e. The molecule has 9 nitrogen and oxygen atoms in total. The molecule has 0 aliphatic heterocycles. The zero-order chi connectivity index (χ0) is 19.9. The third kappa shape index (κ3) is 3.36. The van der Waals surface area contributed by atoms with E-state index in [0.29, 0.717) is 6.07 Å². The second kappa shape index (κ2) is 6.23. The summed E-state index contributed by atoms with van der Waals surface area (Å²) in [5.41, 5.74) is -3.70. The quantitative estimate of drug-likeness (QED) is 0.422. The van der Waals surface area contributed by atoms with Crippen LogP contribution in [0.25, 0.3) is 11.0 Å². The van der Waals surface area contributed by atoms with Crippen molar-refractivity contribution in [3.63, 3.8) is 0 Å². The number of hydrogen-bond acceptors (Lipinski definition) is 6. The third-order valence-corrected chi connectivity index (χ3v) is 3.64. The summed E-state index contributed by atoms with van der Waals surface area (Å²) in [6.45, 7) is 0. The Morgan fingerprint density at radius 2 is 2.04 bits per heavy atom. The number of amides is 1. The first-order chi connectivity index (χ1) is 12.6. The van der Waals surface area contributed by atoms with E-state index >= 15 is 0 Å². The molecule has 3 rings (SSSR count). The number of aryl methyl sites for hydroxylation is 1. The van der Waals surface area contributed by atoms with E-state index in [9.17, 15) is 32.9 Å². The monoisotopic (exact) mass is 382 g/mol. The molecule has 1 N–H and O–H groups in total. The van der Waals surface area contributed by atoms with Crippen molar-refractivity contribution >= 4 is 28.3 Å². The number of nitrogens with one attached hydrogen (secondary N) is 1. The molecule has 0 aliphatic rings. The van der Waals surface area contributed by atoms with Gasteiger partial charge in [-0.25, -0.2) is 4.79 Å². The van der Waals surface area contributed by atoms with Crippen LogP contribution in [0.5, 0.6) is 0 Å². The van der Waals surface area contributed by atoms with Crippen molar-refractivity contribution < 1.29 is 27.3 Å². The number of carbonyl (C=O) groups is 1. The van der Waals surface area contributed by atoms with E-state index in [4.69, 9.17) is 4.42 Å². The van der Waals surface area contributed by atoms with Crippen molar-refractivity contribution in [1.82, 2.24) is 9.78 Å². The Bertz CT molecular complexity index is 1130. The van der Waals surface area contributed by atoms with E-state index < -0.39 is 39.5 Å². The molecule has 140 valence electrons. The van der Waals surface area contributed by atoms with Crippen LogP contribution in [-0.4, -0.2) is 20.6 Å². The second-order valence-electron chi connectivity index (χ2n) is 5.40. The van der Waals surface area contributed by atoms with Crippen LogP contribution in [0.4, 0.5) is 24.5 Å². The highest BCUT2D eigenvalue weighted by molar-refractivity contribution is 6.06. The Hall–Kier alpha value is -3.70. The van der Waals surface area contributed by atoms with Crippen LogP contribution in [0.15, 0.2) is 39.7 Å². The molecule has 0 radical (unpaired) electrons. The number of hydrogen-bond donors (Lipinski definition) is 1. The highest BCUT2D eigenvalue weighted by Gasteiger charge is 2.34. The van der Waals surface area contributed by atoms with Crippen LogP contribution < -0.4 is 10.9 Å². The predicted molar refractivity (Wildman–Crippen MR) is 85.3 cm³/mol. The maximum atomic E-state index is 13.0. The van der Waals surface area contributed by atoms with Crippen molar-refractivity contribution in [2.75, 3.05) is 5.32 Å². The summed E-state index contributed by atoms with van der Waals surface area (Å²) >= 11 is 0. The van der Waals surface area contributed by atoms with Gasteiger partial charge in [-0.05, 0) is 12.1 Å². The number of aromatic nitrogens is 2. The lowest BCUT2D eigenvalue weighted by Crippen LogP contribution is -2.17. The van der Waals surface area contributed by atoms with Gasteiger partial charge in [-0.1, -0.05) is 0 Å². The van der Waals surface area contributed by atoms with Gasteiger partial charge in [0.1, 0.15) is 11.8 Å².